The van der Waals surface area contributed by atoms with Crippen LogP contribution in [0.25, 0.3) is 44.2 Å². The van der Waals surface area contributed by atoms with Gasteiger partial charge in [0.15, 0.2) is 16.7 Å². The number of amides is 2. The molecule has 1 saturated heterocycles. The number of cyclic esters (lactones) is 1. The molecule has 262 valence electrons. The lowest BCUT2D eigenvalue weighted by molar-refractivity contribution is 0.0493. The summed E-state index contributed by atoms with van der Waals surface area (Å²) in [6.45, 7) is 12.9. The zero-order valence-corrected chi connectivity index (χ0v) is 29.0. The first kappa shape index (κ1) is 33.0. The van der Waals surface area contributed by atoms with E-state index in [4.69, 9.17) is 18.6 Å². The molecule has 0 bridgehead atoms. The van der Waals surface area contributed by atoms with Gasteiger partial charge in [0, 0.05) is 28.6 Å². The van der Waals surface area contributed by atoms with Crippen LogP contribution in [0.5, 0.6) is 0 Å². The Morgan fingerprint density at radius 3 is 2.48 bits per heavy atom. The minimum atomic E-state index is -0.685. The molecule has 2 aliphatic rings. The minimum Gasteiger partial charge on any atom is -0.444 e. The summed E-state index contributed by atoms with van der Waals surface area (Å²) in [6, 6.07) is 5.79. The number of carbonyl (C=O) groups excluding carboxylic acids is 3. The van der Waals surface area contributed by atoms with Crippen LogP contribution >= 0.6 is 0 Å². The fourth-order valence-corrected chi connectivity index (χ4v) is 6.15. The molecule has 2 fully saturated rings. The second-order valence-corrected chi connectivity index (χ2v) is 14.8. The van der Waals surface area contributed by atoms with Gasteiger partial charge in [0.05, 0.1) is 24.8 Å². The Morgan fingerprint density at radius 2 is 1.78 bits per heavy atom. The van der Waals surface area contributed by atoms with E-state index in [1.165, 1.54) is 4.90 Å². The molecule has 1 atom stereocenters. The van der Waals surface area contributed by atoms with Crippen LogP contribution in [0.1, 0.15) is 71.9 Å². The number of hydrogen-bond donors (Lipinski definition) is 1. The lowest BCUT2D eigenvalue weighted by Gasteiger charge is -2.20. The molecule has 5 heterocycles. The molecule has 1 aliphatic carbocycles. The number of oxazole rings is 1. The van der Waals surface area contributed by atoms with Crippen LogP contribution in [-0.4, -0.2) is 77.9 Å². The zero-order valence-electron chi connectivity index (χ0n) is 29.0. The van der Waals surface area contributed by atoms with E-state index in [2.05, 4.69) is 20.4 Å². The van der Waals surface area contributed by atoms with Crippen molar-refractivity contribution < 1.29 is 33.0 Å². The highest BCUT2D eigenvalue weighted by Gasteiger charge is 2.34. The summed E-state index contributed by atoms with van der Waals surface area (Å²) in [4.78, 5) is 62.0. The normalized spacial score (nSPS) is 16.7. The van der Waals surface area contributed by atoms with Gasteiger partial charge in [-0.1, -0.05) is 6.07 Å². The van der Waals surface area contributed by atoms with E-state index in [1.54, 1.807) is 58.5 Å². The zero-order chi connectivity index (χ0) is 35.7. The molecule has 4 aromatic heterocycles. The van der Waals surface area contributed by atoms with Gasteiger partial charge < -0.3 is 28.5 Å². The van der Waals surface area contributed by atoms with Crippen molar-refractivity contribution in [3.05, 3.63) is 52.4 Å². The largest absolute Gasteiger partial charge is 0.444 e. The van der Waals surface area contributed by atoms with Gasteiger partial charge in [0.25, 0.3) is 5.56 Å². The molecule has 1 aliphatic heterocycles. The standard InChI is InChI=1S/C35H39N7O8/c1-18-23(19-12-20-14-38-42(29(20)36-13-19)33(46)50-35(5,6)7)10-11-24-27(18)41(21-8-9-21)30(43)26-28(24)48-25(39-26)17-40-16-22(47-32(40)45)15-37-31(44)49-34(2,3)4/h10-14,21-22H,8-9,15-17H2,1-7H3,(H,37,44). The number of rotatable bonds is 6. The first-order chi connectivity index (χ1) is 23.6. The molecular formula is C35H39N7O8. The SMILES string of the molecule is Cc1c(-c2cnc3c(cnn3C(=O)OC(C)(C)C)c2)ccc2c3oc(CN4CC(CNC(=O)OC(C)(C)C)OC4=O)nc3c(=O)n(C3CC3)c12. The van der Waals surface area contributed by atoms with Crippen molar-refractivity contribution in [2.45, 2.75) is 91.2 Å². The number of nitrogens with zero attached hydrogens (tertiary/aromatic N) is 6. The highest BCUT2D eigenvalue weighted by Crippen LogP contribution is 2.40. The van der Waals surface area contributed by atoms with E-state index < -0.39 is 35.6 Å². The van der Waals surface area contributed by atoms with Gasteiger partial charge in [-0.05, 0) is 84.6 Å². The number of aryl methyl sites for hydroxylation is 1. The van der Waals surface area contributed by atoms with Gasteiger partial charge in [-0.2, -0.15) is 5.10 Å². The van der Waals surface area contributed by atoms with Crippen molar-refractivity contribution in [1.29, 1.82) is 0 Å². The van der Waals surface area contributed by atoms with Crippen LogP contribution < -0.4 is 10.9 Å². The third-order valence-corrected chi connectivity index (χ3v) is 8.36. The molecule has 50 heavy (non-hydrogen) atoms. The van der Waals surface area contributed by atoms with Gasteiger partial charge in [-0.3, -0.25) is 9.69 Å². The van der Waals surface area contributed by atoms with Gasteiger partial charge >= 0.3 is 18.3 Å². The Morgan fingerprint density at radius 1 is 1.04 bits per heavy atom. The Bertz CT molecular complexity index is 2250. The number of alkyl carbamates (subject to hydrolysis) is 1. The van der Waals surface area contributed by atoms with E-state index in [9.17, 15) is 19.2 Å². The van der Waals surface area contributed by atoms with Crippen molar-refractivity contribution in [3.63, 3.8) is 0 Å². The van der Waals surface area contributed by atoms with Crippen LogP contribution in [0.4, 0.5) is 14.4 Å². The number of pyridine rings is 2. The lowest BCUT2D eigenvalue weighted by atomic mass is 9.97. The fourth-order valence-electron chi connectivity index (χ4n) is 6.15. The Kier molecular flexibility index (Phi) is 7.83. The summed E-state index contributed by atoms with van der Waals surface area (Å²) < 4.78 is 25.3. The van der Waals surface area contributed by atoms with E-state index >= 15 is 0 Å². The molecular weight excluding hydrogens is 646 g/mol. The number of aromatic nitrogens is 5. The van der Waals surface area contributed by atoms with Crippen LogP contribution in [0.2, 0.25) is 0 Å². The lowest BCUT2D eigenvalue weighted by Crippen LogP contribution is -2.38. The highest BCUT2D eigenvalue weighted by atomic mass is 16.6. The molecule has 1 unspecified atom stereocenters. The van der Waals surface area contributed by atoms with Crippen molar-refractivity contribution in [1.82, 2.24) is 34.5 Å². The van der Waals surface area contributed by atoms with Crippen LogP contribution in [0.15, 0.2) is 39.8 Å². The summed E-state index contributed by atoms with van der Waals surface area (Å²) in [5, 5.41) is 8.22. The van der Waals surface area contributed by atoms with Crippen molar-refractivity contribution >= 4 is 51.3 Å². The molecule has 1 saturated carbocycles. The van der Waals surface area contributed by atoms with Crippen LogP contribution in [-0.2, 0) is 20.8 Å². The predicted octanol–water partition coefficient (Wildman–Crippen LogP) is 5.83. The van der Waals surface area contributed by atoms with Crippen molar-refractivity contribution in [2.24, 2.45) is 0 Å². The van der Waals surface area contributed by atoms with E-state index in [0.29, 0.717) is 16.6 Å². The molecule has 2 amide bonds. The first-order valence-electron chi connectivity index (χ1n) is 16.5. The molecule has 15 heteroatoms. The summed E-state index contributed by atoms with van der Waals surface area (Å²) in [5.74, 6) is 0.197. The smallest absolute Gasteiger partial charge is 0.437 e. The number of nitrogens with one attached hydrogen (secondary N) is 1. The Labute approximate surface area is 286 Å². The summed E-state index contributed by atoms with van der Waals surface area (Å²) in [7, 11) is 0. The molecule has 15 nitrogen and oxygen atoms in total. The number of benzene rings is 1. The predicted molar refractivity (Wildman–Crippen MR) is 182 cm³/mol. The van der Waals surface area contributed by atoms with Gasteiger partial charge in [-0.15, -0.1) is 4.68 Å². The number of hydrogen-bond acceptors (Lipinski definition) is 11. The van der Waals surface area contributed by atoms with Gasteiger partial charge in [-0.25, -0.2) is 24.4 Å². The summed E-state index contributed by atoms with van der Waals surface area (Å²) in [5.41, 5.74) is 2.55. The molecule has 1 aromatic carbocycles. The van der Waals surface area contributed by atoms with E-state index in [1.807, 2.05) is 25.1 Å². The van der Waals surface area contributed by atoms with Gasteiger partial charge in [0.2, 0.25) is 5.89 Å². The topological polar surface area (TPSA) is 173 Å². The second kappa shape index (κ2) is 11.8. The van der Waals surface area contributed by atoms with Crippen LogP contribution in [0, 0.1) is 6.92 Å². The number of ether oxygens (including phenoxy) is 3. The average molecular weight is 686 g/mol. The fraction of sp³-hybridized carbons (Fsp3) is 0.457. The summed E-state index contributed by atoms with van der Waals surface area (Å²) >= 11 is 0. The Balaban J connectivity index is 1.19. The van der Waals surface area contributed by atoms with Crippen LogP contribution in [0.3, 0.4) is 0 Å². The number of fused-ring (bicyclic) bond motifs is 4. The van der Waals surface area contributed by atoms with Crippen molar-refractivity contribution in [2.75, 3.05) is 13.1 Å². The average Bonchev–Trinajstić information content (AvgIpc) is 3.45. The molecule has 0 spiro atoms. The maximum Gasteiger partial charge on any atom is 0.437 e. The molecule has 1 N–H and O–H groups in total. The first-order valence-corrected chi connectivity index (χ1v) is 16.5. The van der Waals surface area contributed by atoms with E-state index in [0.717, 1.165) is 45.1 Å². The summed E-state index contributed by atoms with van der Waals surface area (Å²) in [6.07, 6.45) is 2.59. The minimum absolute atomic E-state index is 0.0134. The maximum absolute atomic E-state index is 14.0. The molecule has 7 rings (SSSR count). The number of carbonyl (C=O) groups is 3. The maximum atomic E-state index is 14.0. The molecule has 0 radical (unpaired) electrons. The molecule has 5 aromatic rings. The van der Waals surface area contributed by atoms with Crippen molar-refractivity contribution in [3.8, 4) is 11.1 Å². The highest BCUT2D eigenvalue weighted by molar-refractivity contribution is 6.04. The third-order valence-electron chi connectivity index (χ3n) is 8.36. The van der Waals surface area contributed by atoms with E-state index in [-0.39, 0.29) is 42.6 Å². The Hall–Kier alpha value is -5.47. The second-order valence-electron chi connectivity index (χ2n) is 14.8. The quantitative estimate of drug-likeness (QED) is 0.213. The monoisotopic (exact) mass is 685 g/mol. The van der Waals surface area contributed by atoms with Gasteiger partial charge in [0.1, 0.15) is 23.9 Å². The third kappa shape index (κ3) is 6.34.